The summed E-state index contributed by atoms with van der Waals surface area (Å²) in [5.41, 5.74) is 5.90. The largest absolute Gasteiger partial charge is 0.360 e. The number of carbonyl (C=O) groups excluding carboxylic acids is 1. The summed E-state index contributed by atoms with van der Waals surface area (Å²) in [4.78, 5) is 14.0. The Morgan fingerprint density at radius 2 is 2.38 bits per heavy atom. The summed E-state index contributed by atoms with van der Waals surface area (Å²) in [5.74, 6) is 4.55. The average Bonchev–Trinajstić information content (AvgIpc) is 2.52. The normalized spacial score (nSPS) is 17.6. The molecule has 1 amide bonds. The van der Waals surface area contributed by atoms with Crippen LogP contribution in [0, 0.1) is 29.0 Å². The van der Waals surface area contributed by atoms with E-state index in [1.807, 2.05) is 6.07 Å². The standard InChI is InChI=1S/C15H14FN3O2/c16-12-3-4-14(11(8-12)2-1-5-17)15(20)19-6-7-21-13(9-18)10-19/h3-4,8,13H,5-7,10,17H2. The van der Waals surface area contributed by atoms with Crippen molar-refractivity contribution in [2.45, 2.75) is 6.10 Å². The quantitative estimate of drug-likeness (QED) is 0.763. The molecule has 0 aliphatic carbocycles. The van der Waals surface area contributed by atoms with Crippen molar-refractivity contribution in [3.8, 4) is 17.9 Å². The predicted molar refractivity (Wildman–Crippen MR) is 73.6 cm³/mol. The molecule has 21 heavy (non-hydrogen) atoms. The van der Waals surface area contributed by atoms with E-state index >= 15 is 0 Å². The highest BCUT2D eigenvalue weighted by Crippen LogP contribution is 2.15. The molecule has 2 rings (SSSR count). The number of halogens is 1. The Balaban J connectivity index is 2.28. The third-order valence-electron chi connectivity index (χ3n) is 3.03. The second kappa shape index (κ2) is 6.85. The highest BCUT2D eigenvalue weighted by Gasteiger charge is 2.26. The van der Waals surface area contributed by atoms with Gasteiger partial charge in [-0.25, -0.2) is 4.39 Å². The Bertz CT molecular complexity index is 643. The van der Waals surface area contributed by atoms with Crippen LogP contribution in [0.5, 0.6) is 0 Å². The van der Waals surface area contributed by atoms with Crippen molar-refractivity contribution in [3.63, 3.8) is 0 Å². The molecule has 0 radical (unpaired) electrons. The maximum atomic E-state index is 13.3. The summed E-state index contributed by atoms with van der Waals surface area (Å²) in [6.45, 7) is 1.00. The van der Waals surface area contributed by atoms with Crippen LogP contribution in [-0.4, -0.2) is 43.2 Å². The number of amides is 1. The summed E-state index contributed by atoms with van der Waals surface area (Å²) in [7, 11) is 0. The molecule has 1 aromatic rings. The predicted octanol–water partition coefficient (Wildman–Crippen LogP) is 0.500. The lowest BCUT2D eigenvalue weighted by atomic mass is 10.1. The first kappa shape index (κ1) is 15.0. The number of morpholine rings is 1. The van der Waals surface area contributed by atoms with Gasteiger partial charge in [0.05, 0.1) is 31.3 Å². The van der Waals surface area contributed by atoms with Crippen LogP contribution in [0.1, 0.15) is 15.9 Å². The number of carbonyl (C=O) groups is 1. The zero-order valence-corrected chi connectivity index (χ0v) is 11.3. The minimum absolute atomic E-state index is 0.123. The van der Waals surface area contributed by atoms with Crippen LogP contribution in [0.3, 0.4) is 0 Å². The first-order chi connectivity index (χ1) is 10.2. The maximum absolute atomic E-state index is 13.3. The molecule has 0 aromatic heterocycles. The van der Waals surface area contributed by atoms with E-state index in [2.05, 4.69) is 11.8 Å². The molecule has 1 heterocycles. The number of nitriles is 1. The van der Waals surface area contributed by atoms with Crippen molar-refractivity contribution in [1.82, 2.24) is 4.90 Å². The fourth-order valence-corrected chi connectivity index (χ4v) is 2.03. The minimum Gasteiger partial charge on any atom is -0.360 e. The second-order valence-electron chi connectivity index (χ2n) is 4.44. The van der Waals surface area contributed by atoms with Gasteiger partial charge in [0.2, 0.25) is 0 Å². The van der Waals surface area contributed by atoms with Crippen LogP contribution in [-0.2, 0) is 4.74 Å². The molecule has 6 heteroatoms. The van der Waals surface area contributed by atoms with Gasteiger partial charge >= 0.3 is 0 Å². The number of hydrogen-bond donors (Lipinski definition) is 1. The molecule has 0 spiro atoms. The molecule has 1 atom stereocenters. The molecule has 1 aliphatic heterocycles. The van der Waals surface area contributed by atoms with E-state index in [1.54, 1.807) is 0 Å². The summed E-state index contributed by atoms with van der Waals surface area (Å²) in [6, 6.07) is 5.79. The zero-order chi connectivity index (χ0) is 15.2. The second-order valence-corrected chi connectivity index (χ2v) is 4.44. The van der Waals surface area contributed by atoms with Crippen LogP contribution >= 0.6 is 0 Å². The van der Waals surface area contributed by atoms with E-state index < -0.39 is 11.9 Å². The summed E-state index contributed by atoms with van der Waals surface area (Å²) in [5, 5.41) is 8.87. The number of nitrogens with zero attached hydrogens (tertiary/aromatic N) is 2. The van der Waals surface area contributed by atoms with Gasteiger partial charge in [-0.3, -0.25) is 4.79 Å². The van der Waals surface area contributed by atoms with Crippen LogP contribution in [0.25, 0.3) is 0 Å². The number of hydrogen-bond acceptors (Lipinski definition) is 4. The SMILES string of the molecule is N#CC1CN(C(=O)c2ccc(F)cc2C#CCN)CCO1. The van der Waals surface area contributed by atoms with Gasteiger partial charge in [-0.1, -0.05) is 11.8 Å². The van der Waals surface area contributed by atoms with Crippen LogP contribution in [0.2, 0.25) is 0 Å². The van der Waals surface area contributed by atoms with Crippen LogP contribution in [0.4, 0.5) is 4.39 Å². The van der Waals surface area contributed by atoms with Gasteiger partial charge < -0.3 is 15.4 Å². The monoisotopic (exact) mass is 287 g/mol. The fourth-order valence-electron chi connectivity index (χ4n) is 2.03. The summed E-state index contributed by atoms with van der Waals surface area (Å²) in [6.07, 6.45) is -0.637. The minimum atomic E-state index is -0.637. The van der Waals surface area contributed by atoms with E-state index in [-0.39, 0.29) is 19.0 Å². The molecule has 1 unspecified atom stereocenters. The van der Waals surface area contributed by atoms with Gasteiger partial charge in [0.15, 0.2) is 6.10 Å². The third kappa shape index (κ3) is 3.57. The van der Waals surface area contributed by atoms with Gasteiger partial charge in [0, 0.05) is 12.1 Å². The number of nitrogens with two attached hydrogens (primary N) is 1. The highest BCUT2D eigenvalue weighted by molar-refractivity contribution is 5.96. The van der Waals surface area contributed by atoms with E-state index in [4.69, 9.17) is 15.7 Å². The lowest BCUT2D eigenvalue weighted by Gasteiger charge is -2.30. The van der Waals surface area contributed by atoms with Crippen molar-refractivity contribution in [2.24, 2.45) is 5.73 Å². The highest BCUT2D eigenvalue weighted by atomic mass is 19.1. The van der Waals surface area contributed by atoms with Crippen LogP contribution in [0.15, 0.2) is 18.2 Å². The Morgan fingerprint density at radius 1 is 1.57 bits per heavy atom. The molecule has 1 saturated heterocycles. The van der Waals surface area contributed by atoms with E-state index in [1.165, 1.54) is 23.1 Å². The summed E-state index contributed by atoms with van der Waals surface area (Å²) >= 11 is 0. The molecule has 5 nitrogen and oxygen atoms in total. The smallest absolute Gasteiger partial charge is 0.255 e. The molecule has 1 aromatic carbocycles. The van der Waals surface area contributed by atoms with Gasteiger partial charge in [0.25, 0.3) is 5.91 Å². The number of rotatable bonds is 1. The molecule has 0 bridgehead atoms. The van der Waals surface area contributed by atoms with Crippen molar-refractivity contribution >= 4 is 5.91 Å². The first-order valence-electron chi connectivity index (χ1n) is 6.44. The van der Waals surface area contributed by atoms with Gasteiger partial charge in [-0.05, 0) is 18.2 Å². The number of ether oxygens (including phenoxy) is 1. The Hall–Kier alpha value is -2.41. The Labute approximate surface area is 122 Å². The molecule has 2 N–H and O–H groups in total. The van der Waals surface area contributed by atoms with E-state index in [0.717, 1.165) is 0 Å². The molecular weight excluding hydrogens is 273 g/mol. The van der Waals surface area contributed by atoms with Gasteiger partial charge in [-0.2, -0.15) is 5.26 Å². The van der Waals surface area contributed by atoms with Crippen LogP contribution < -0.4 is 5.73 Å². The van der Waals surface area contributed by atoms with E-state index in [9.17, 15) is 9.18 Å². The average molecular weight is 287 g/mol. The summed E-state index contributed by atoms with van der Waals surface area (Å²) < 4.78 is 18.5. The van der Waals surface area contributed by atoms with Gasteiger partial charge in [0.1, 0.15) is 5.82 Å². The van der Waals surface area contributed by atoms with Crippen molar-refractivity contribution < 1.29 is 13.9 Å². The molecule has 108 valence electrons. The lowest BCUT2D eigenvalue weighted by Crippen LogP contribution is -2.45. The molecular formula is C15H14FN3O2. The lowest BCUT2D eigenvalue weighted by molar-refractivity contribution is 0.00345. The Kier molecular flexibility index (Phi) is 4.89. The third-order valence-corrected chi connectivity index (χ3v) is 3.03. The zero-order valence-electron chi connectivity index (χ0n) is 11.3. The molecule has 1 aliphatic rings. The van der Waals surface area contributed by atoms with Crippen molar-refractivity contribution in [3.05, 3.63) is 35.1 Å². The topological polar surface area (TPSA) is 79.4 Å². The maximum Gasteiger partial charge on any atom is 0.255 e. The molecule has 1 fully saturated rings. The molecule has 0 saturated carbocycles. The van der Waals surface area contributed by atoms with Crippen molar-refractivity contribution in [2.75, 3.05) is 26.2 Å². The van der Waals surface area contributed by atoms with Gasteiger partial charge in [-0.15, -0.1) is 0 Å². The van der Waals surface area contributed by atoms with Crippen molar-refractivity contribution in [1.29, 1.82) is 5.26 Å². The number of benzene rings is 1. The Morgan fingerprint density at radius 3 is 3.10 bits per heavy atom. The first-order valence-corrected chi connectivity index (χ1v) is 6.44. The van der Waals surface area contributed by atoms with E-state index in [0.29, 0.717) is 24.3 Å². The fraction of sp³-hybridized carbons (Fsp3) is 0.333.